The van der Waals surface area contributed by atoms with Crippen molar-refractivity contribution in [3.05, 3.63) is 84.3 Å². The average Bonchev–Trinajstić information content (AvgIpc) is 3.43. The molecule has 0 aliphatic heterocycles. The maximum Gasteiger partial charge on any atom is 0.319 e. The van der Waals surface area contributed by atoms with Gasteiger partial charge in [0.25, 0.3) is 0 Å². The molecule has 0 saturated heterocycles. The molecule has 0 aliphatic carbocycles. The molecule has 3 amide bonds. The first-order chi connectivity index (χ1) is 15.5. The Labute approximate surface area is 186 Å². The second-order valence-corrected chi connectivity index (χ2v) is 7.83. The Morgan fingerprint density at radius 3 is 2.50 bits per heavy atom. The van der Waals surface area contributed by atoms with Crippen molar-refractivity contribution in [3.8, 4) is 0 Å². The van der Waals surface area contributed by atoms with E-state index in [1.165, 1.54) is 0 Å². The molecule has 0 fully saturated rings. The molecule has 4 rings (SSSR count). The number of hydrogen-bond donors (Lipinski definition) is 2. The van der Waals surface area contributed by atoms with E-state index in [-0.39, 0.29) is 18.5 Å². The fraction of sp³-hybridized carbons (Fsp3) is 0.208. The zero-order chi connectivity index (χ0) is 22.5. The van der Waals surface area contributed by atoms with Crippen molar-refractivity contribution in [2.45, 2.75) is 19.6 Å². The standard InChI is InChI=1S/C24H26N6O2/c1-28(2)23(31)17-29-13-10-20-14-21(8-9-22(20)29)27-24(32)25-15-18-4-6-19(7-5-18)16-30-12-3-11-26-30/h3-14H,15-17H2,1-2H3,(H2,25,27,32). The molecule has 4 aromatic rings. The zero-order valence-corrected chi connectivity index (χ0v) is 18.2. The quantitative estimate of drug-likeness (QED) is 0.472. The minimum atomic E-state index is -0.271. The summed E-state index contributed by atoms with van der Waals surface area (Å²) in [4.78, 5) is 25.9. The predicted octanol–water partition coefficient (Wildman–Crippen LogP) is 3.30. The maximum absolute atomic E-state index is 12.3. The monoisotopic (exact) mass is 430 g/mol. The molecule has 2 aromatic heterocycles. The van der Waals surface area contributed by atoms with E-state index in [1.807, 2.05) is 76.2 Å². The van der Waals surface area contributed by atoms with Crippen LogP contribution in [0.15, 0.2) is 73.2 Å². The molecule has 164 valence electrons. The number of fused-ring (bicyclic) bond motifs is 1. The van der Waals surface area contributed by atoms with Crippen LogP contribution in [0.1, 0.15) is 11.1 Å². The van der Waals surface area contributed by atoms with E-state index in [4.69, 9.17) is 0 Å². The number of rotatable bonds is 7. The van der Waals surface area contributed by atoms with Gasteiger partial charge >= 0.3 is 6.03 Å². The van der Waals surface area contributed by atoms with Crippen LogP contribution < -0.4 is 10.6 Å². The largest absolute Gasteiger partial charge is 0.347 e. The molecular formula is C24H26N6O2. The highest BCUT2D eigenvalue weighted by molar-refractivity contribution is 5.93. The van der Waals surface area contributed by atoms with E-state index in [1.54, 1.807) is 25.2 Å². The summed E-state index contributed by atoms with van der Waals surface area (Å²) in [6, 6.07) is 17.3. The lowest BCUT2D eigenvalue weighted by Crippen LogP contribution is -2.28. The third-order valence-corrected chi connectivity index (χ3v) is 5.21. The number of amides is 3. The van der Waals surface area contributed by atoms with E-state index in [0.29, 0.717) is 18.8 Å². The van der Waals surface area contributed by atoms with Gasteiger partial charge in [-0.25, -0.2) is 4.79 Å². The van der Waals surface area contributed by atoms with Gasteiger partial charge in [-0.1, -0.05) is 24.3 Å². The minimum absolute atomic E-state index is 0.0264. The molecule has 0 radical (unpaired) electrons. The zero-order valence-electron chi connectivity index (χ0n) is 18.2. The molecule has 0 atom stereocenters. The van der Waals surface area contributed by atoms with Crippen LogP contribution >= 0.6 is 0 Å². The summed E-state index contributed by atoms with van der Waals surface area (Å²) >= 11 is 0. The van der Waals surface area contributed by atoms with E-state index >= 15 is 0 Å². The van der Waals surface area contributed by atoms with Gasteiger partial charge in [0.2, 0.25) is 5.91 Å². The summed E-state index contributed by atoms with van der Waals surface area (Å²) in [5.41, 5.74) is 3.81. The molecule has 32 heavy (non-hydrogen) atoms. The Balaban J connectivity index is 1.31. The number of anilines is 1. The van der Waals surface area contributed by atoms with Crippen molar-refractivity contribution < 1.29 is 9.59 Å². The number of hydrogen-bond acceptors (Lipinski definition) is 3. The number of carbonyl (C=O) groups excluding carboxylic acids is 2. The van der Waals surface area contributed by atoms with Crippen molar-refractivity contribution in [2.75, 3.05) is 19.4 Å². The summed E-state index contributed by atoms with van der Waals surface area (Å²) in [6.45, 7) is 1.43. The Morgan fingerprint density at radius 2 is 1.78 bits per heavy atom. The Kier molecular flexibility index (Phi) is 6.21. The highest BCUT2D eigenvalue weighted by Gasteiger charge is 2.09. The normalized spacial score (nSPS) is 10.8. The first-order valence-corrected chi connectivity index (χ1v) is 10.4. The van der Waals surface area contributed by atoms with Gasteiger partial charge in [0.15, 0.2) is 0 Å². The Hall–Kier alpha value is -4.07. The summed E-state index contributed by atoms with van der Waals surface area (Å²) in [5.74, 6) is 0.0264. The van der Waals surface area contributed by atoms with Gasteiger partial charge in [-0.15, -0.1) is 0 Å². The molecule has 0 spiro atoms. The highest BCUT2D eigenvalue weighted by Crippen LogP contribution is 2.21. The molecular weight excluding hydrogens is 404 g/mol. The van der Waals surface area contributed by atoms with Crippen LogP contribution in [-0.4, -0.2) is 45.3 Å². The van der Waals surface area contributed by atoms with Crippen molar-refractivity contribution in [3.63, 3.8) is 0 Å². The van der Waals surface area contributed by atoms with Crippen LogP contribution in [0.3, 0.4) is 0 Å². The number of nitrogens with zero attached hydrogens (tertiary/aromatic N) is 4. The number of aromatic nitrogens is 3. The van der Waals surface area contributed by atoms with Gasteiger partial charge in [0, 0.05) is 55.8 Å². The van der Waals surface area contributed by atoms with Crippen molar-refractivity contribution in [1.82, 2.24) is 24.6 Å². The second-order valence-electron chi connectivity index (χ2n) is 7.83. The van der Waals surface area contributed by atoms with E-state index in [9.17, 15) is 9.59 Å². The number of benzene rings is 2. The Morgan fingerprint density at radius 1 is 1.00 bits per heavy atom. The Bertz CT molecular complexity index is 1210. The van der Waals surface area contributed by atoms with Gasteiger partial charge in [-0.05, 0) is 41.5 Å². The maximum atomic E-state index is 12.3. The van der Waals surface area contributed by atoms with Crippen LogP contribution in [0.4, 0.5) is 10.5 Å². The number of urea groups is 1. The molecule has 2 aromatic carbocycles. The molecule has 2 N–H and O–H groups in total. The molecule has 0 aliphatic rings. The SMILES string of the molecule is CN(C)C(=O)Cn1ccc2cc(NC(=O)NCc3ccc(Cn4cccn4)cc3)ccc21. The van der Waals surface area contributed by atoms with Gasteiger partial charge in [0.05, 0.1) is 6.54 Å². The topological polar surface area (TPSA) is 84.2 Å². The summed E-state index contributed by atoms with van der Waals surface area (Å²) in [5, 5.41) is 10.9. The van der Waals surface area contributed by atoms with E-state index in [2.05, 4.69) is 15.7 Å². The molecule has 8 nitrogen and oxygen atoms in total. The van der Waals surface area contributed by atoms with Crippen LogP contribution in [0, 0.1) is 0 Å². The molecule has 0 unspecified atom stereocenters. The number of nitrogens with one attached hydrogen (secondary N) is 2. The van der Waals surface area contributed by atoms with E-state index < -0.39 is 0 Å². The lowest BCUT2D eigenvalue weighted by Gasteiger charge is -2.12. The first kappa shape index (κ1) is 21.2. The van der Waals surface area contributed by atoms with Gasteiger partial charge in [-0.3, -0.25) is 9.48 Å². The first-order valence-electron chi connectivity index (χ1n) is 10.4. The molecule has 8 heteroatoms. The third kappa shape index (κ3) is 5.15. The predicted molar refractivity (Wildman–Crippen MR) is 124 cm³/mol. The van der Waals surface area contributed by atoms with Gasteiger partial charge in [-0.2, -0.15) is 5.10 Å². The fourth-order valence-electron chi connectivity index (χ4n) is 3.40. The molecule has 0 saturated carbocycles. The highest BCUT2D eigenvalue weighted by atomic mass is 16.2. The molecule has 0 bridgehead atoms. The summed E-state index contributed by atoms with van der Waals surface area (Å²) < 4.78 is 3.77. The van der Waals surface area contributed by atoms with Crippen LogP contribution in [0.25, 0.3) is 10.9 Å². The van der Waals surface area contributed by atoms with Crippen molar-refractivity contribution in [1.29, 1.82) is 0 Å². The second kappa shape index (κ2) is 9.38. The number of carbonyl (C=O) groups is 2. The van der Waals surface area contributed by atoms with Crippen molar-refractivity contribution in [2.24, 2.45) is 0 Å². The van der Waals surface area contributed by atoms with Gasteiger partial charge < -0.3 is 20.1 Å². The number of likely N-dealkylation sites (N-methyl/N-ethyl adjacent to an activating group) is 1. The van der Waals surface area contributed by atoms with Crippen molar-refractivity contribution >= 4 is 28.5 Å². The van der Waals surface area contributed by atoms with Gasteiger partial charge in [0.1, 0.15) is 6.54 Å². The lowest BCUT2D eigenvalue weighted by atomic mass is 10.1. The van der Waals surface area contributed by atoms with Crippen LogP contribution in [0.5, 0.6) is 0 Å². The fourth-order valence-corrected chi connectivity index (χ4v) is 3.40. The van der Waals surface area contributed by atoms with Crippen LogP contribution in [-0.2, 0) is 24.4 Å². The minimum Gasteiger partial charge on any atom is -0.347 e. The summed E-state index contributed by atoms with van der Waals surface area (Å²) in [7, 11) is 3.48. The molecule has 2 heterocycles. The third-order valence-electron chi connectivity index (χ3n) is 5.21. The smallest absolute Gasteiger partial charge is 0.319 e. The lowest BCUT2D eigenvalue weighted by molar-refractivity contribution is -0.129. The van der Waals surface area contributed by atoms with E-state index in [0.717, 1.165) is 22.0 Å². The van der Waals surface area contributed by atoms with Crippen LogP contribution in [0.2, 0.25) is 0 Å². The summed E-state index contributed by atoms with van der Waals surface area (Å²) in [6.07, 6.45) is 5.57. The average molecular weight is 431 g/mol.